The molecule has 5 rings (SSSR count). The highest BCUT2D eigenvalue weighted by atomic mass is 16.2. The third-order valence-electron chi connectivity index (χ3n) is 5.57. The van der Waals surface area contributed by atoms with Crippen molar-refractivity contribution in [2.24, 2.45) is 11.8 Å². The molecular formula is C18H26N4O. The van der Waals surface area contributed by atoms with E-state index in [0.29, 0.717) is 17.5 Å². The summed E-state index contributed by atoms with van der Waals surface area (Å²) in [5, 5.41) is 0. The number of nitrogens with zero attached hydrogens (tertiary/aromatic N) is 4. The Hall–Kier alpha value is -1.49. The fraction of sp³-hybridized carbons (Fsp3) is 0.722. The molecule has 4 fully saturated rings. The molecule has 0 N–H and O–H groups in total. The fourth-order valence-electron chi connectivity index (χ4n) is 4.03. The number of aromatic nitrogens is 2. The van der Waals surface area contributed by atoms with Crippen LogP contribution in [0.5, 0.6) is 0 Å². The lowest BCUT2D eigenvalue weighted by atomic mass is 9.95. The lowest BCUT2D eigenvalue weighted by Gasteiger charge is -2.36. The highest BCUT2D eigenvalue weighted by molar-refractivity contribution is 5.93. The molecule has 0 spiro atoms. The van der Waals surface area contributed by atoms with Crippen LogP contribution in [-0.4, -0.2) is 57.9 Å². The Morgan fingerprint density at radius 3 is 2.61 bits per heavy atom. The minimum atomic E-state index is 0.109. The molecule has 1 aromatic heterocycles. The van der Waals surface area contributed by atoms with Gasteiger partial charge in [0.25, 0.3) is 5.91 Å². The van der Waals surface area contributed by atoms with E-state index in [0.717, 1.165) is 31.3 Å². The average Bonchev–Trinajstić information content (AvgIpc) is 3.42. The summed E-state index contributed by atoms with van der Waals surface area (Å²) in [5.74, 6) is 2.46. The van der Waals surface area contributed by atoms with Gasteiger partial charge in [0.1, 0.15) is 5.82 Å². The van der Waals surface area contributed by atoms with Gasteiger partial charge >= 0.3 is 0 Å². The van der Waals surface area contributed by atoms with Crippen LogP contribution in [0.3, 0.4) is 0 Å². The van der Waals surface area contributed by atoms with Gasteiger partial charge in [-0.05, 0) is 37.5 Å². The van der Waals surface area contributed by atoms with Crippen molar-refractivity contribution >= 4 is 5.91 Å². The van der Waals surface area contributed by atoms with Gasteiger partial charge in [0.05, 0.1) is 5.56 Å². The molecule has 2 bridgehead atoms. The van der Waals surface area contributed by atoms with E-state index >= 15 is 0 Å². The van der Waals surface area contributed by atoms with Crippen molar-refractivity contribution < 1.29 is 4.79 Å². The molecule has 5 heteroatoms. The van der Waals surface area contributed by atoms with Gasteiger partial charge in [-0.3, -0.25) is 9.69 Å². The standard InChI is InChI=1S/C18H26N4O/c1-2-17-19-7-15(8-20-17)18(23)22-11-14-5-6-16(12-22)21(10-14)9-13-3-4-13/h7-8,13-14,16H,2-6,9-12H2,1H3/t14-,16-/m1/s1. The zero-order valence-electron chi connectivity index (χ0n) is 13.9. The largest absolute Gasteiger partial charge is 0.337 e. The van der Waals surface area contributed by atoms with E-state index in [1.54, 1.807) is 12.4 Å². The second kappa shape index (κ2) is 6.19. The van der Waals surface area contributed by atoms with Gasteiger partial charge in [0.15, 0.2) is 0 Å². The maximum absolute atomic E-state index is 12.8. The minimum absolute atomic E-state index is 0.109. The number of aryl methyl sites for hydroxylation is 1. The number of hydrogen-bond acceptors (Lipinski definition) is 4. The Kier molecular flexibility index (Phi) is 4.05. The Bertz CT molecular complexity index is 569. The van der Waals surface area contributed by atoms with E-state index in [2.05, 4.69) is 19.8 Å². The van der Waals surface area contributed by atoms with Crippen LogP contribution >= 0.6 is 0 Å². The van der Waals surface area contributed by atoms with E-state index in [1.807, 2.05) is 6.92 Å². The molecule has 23 heavy (non-hydrogen) atoms. The van der Waals surface area contributed by atoms with Crippen LogP contribution in [-0.2, 0) is 6.42 Å². The molecule has 2 atom stereocenters. The summed E-state index contributed by atoms with van der Waals surface area (Å²) in [7, 11) is 0. The van der Waals surface area contributed by atoms with E-state index in [9.17, 15) is 4.79 Å². The quantitative estimate of drug-likeness (QED) is 0.853. The van der Waals surface area contributed by atoms with Gasteiger partial charge in [0, 0.05) is 51.0 Å². The van der Waals surface area contributed by atoms with Gasteiger partial charge in [-0.25, -0.2) is 9.97 Å². The highest BCUT2D eigenvalue weighted by Crippen LogP contribution is 2.35. The van der Waals surface area contributed by atoms with E-state index in [-0.39, 0.29) is 5.91 Å². The van der Waals surface area contributed by atoms with Crippen molar-refractivity contribution in [3.8, 4) is 0 Å². The maximum Gasteiger partial charge on any atom is 0.257 e. The monoisotopic (exact) mass is 314 g/mol. The van der Waals surface area contributed by atoms with Crippen LogP contribution in [0, 0.1) is 11.8 Å². The molecule has 124 valence electrons. The first kappa shape index (κ1) is 15.1. The van der Waals surface area contributed by atoms with Crippen molar-refractivity contribution in [2.45, 2.75) is 45.1 Å². The Morgan fingerprint density at radius 2 is 1.91 bits per heavy atom. The molecule has 5 nitrogen and oxygen atoms in total. The van der Waals surface area contributed by atoms with Crippen LogP contribution in [0.1, 0.15) is 48.8 Å². The summed E-state index contributed by atoms with van der Waals surface area (Å²) in [4.78, 5) is 26.1. The van der Waals surface area contributed by atoms with Crippen molar-refractivity contribution in [3.63, 3.8) is 0 Å². The van der Waals surface area contributed by atoms with Crippen LogP contribution in [0.2, 0.25) is 0 Å². The molecule has 3 saturated heterocycles. The number of rotatable bonds is 4. The van der Waals surface area contributed by atoms with Crippen molar-refractivity contribution in [3.05, 3.63) is 23.8 Å². The molecule has 4 aliphatic rings. The van der Waals surface area contributed by atoms with E-state index in [4.69, 9.17) is 0 Å². The lowest BCUT2D eigenvalue weighted by Crippen LogP contribution is -2.45. The third kappa shape index (κ3) is 3.25. The summed E-state index contributed by atoms with van der Waals surface area (Å²) in [6.45, 7) is 6.22. The average molecular weight is 314 g/mol. The predicted molar refractivity (Wildman–Crippen MR) is 88.1 cm³/mol. The number of carbonyl (C=O) groups excluding carboxylic acids is 1. The zero-order chi connectivity index (χ0) is 15.8. The summed E-state index contributed by atoms with van der Waals surface area (Å²) in [6, 6.07) is 0.550. The molecule has 0 unspecified atom stereocenters. The van der Waals surface area contributed by atoms with Crippen molar-refractivity contribution in [1.29, 1.82) is 0 Å². The number of hydrogen-bond donors (Lipinski definition) is 0. The zero-order valence-corrected chi connectivity index (χ0v) is 13.9. The summed E-state index contributed by atoms with van der Waals surface area (Å²) in [6.07, 6.45) is 9.51. The Morgan fingerprint density at radius 1 is 1.13 bits per heavy atom. The number of amides is 1. The SMILES string of the molecule is CCc1ncc(C(=O)N2C[C@@H]3CC[C@H](C2)N(CC2CC2)C3)cn1. The van der Waals surface area contributed by atoms with Crippen LogP contribution in [0.25, 0.3) is 0 Å². The number of piperidine rings is 1. The minimum Gasteiger partial charge on any atom is -0.337 e. The molecule has 3 aliphatic heterocycles. The molecular weight excluding hydrogens is 288 g/mol. The fourth-order valence-corrected chi connectivity index (χ4v) is 4.03. The summed E-state index contributed by atoms with van der Waals surface area (Å²) in [5.41, 5.74) is 0.636. The summed E-state index contributed by atoms with van der Waals surface area (Å²) >= 11 is 0. The molecule has 1 aliphatic carbocycles. The first-order valence-electron chi connectivity index (χ1n) is 9.07. The van der Waals surface area contributed by atoms with Crippen molar-refractivity contribution in [1.82, 2.24) is 19.8 Å². The van der Waals surface area contributed by atoms with Gasteiger partial charge in [-0.15, -0.1) is 0 Å². The van der Waals surface area contributed by atoms with Crippen LogP contribution in [0.4, 0.5) is 0 Å². The second-order valence-corrected chi connectivity index (χ2v) is 7.45. The smallest absolute Gasteiger partial charge is 0.257 e. The first-order chi connectivity index (χ1) is 11.2. The van der Waals surface area contributed by atoms with Gasteiger partial charge < -0.3 is 4.90 Å². The normalized spacial score (nSPS) is 28.0. The van der Waals surface area contributed by atoms with Gasteiger partial charge in [-0.1, -0.05) is 6.92 Å². The third-order valence-corrected chi connectivity index (χ3v) is 5.57. The number of fused-ring (bicyclic) bond motifs is 4. The molecule has 1 saturated carbocycles. The molecule has 0 radical (unpaired) electrons. The van der Waals surface area contributed by atoms with Crippen LogP contribution in [0.15, 0.2) is 12.4 Å². The predicted octanol–water partition coefficient (Wildman–Crippen LogP) is 1.99. The lowest BCUT2D eigenvalue weighted by molar-refractivity contribution is 0.0736. The highest BCUT2D eigenvalue weighted by Gasteiger charge is 2.38. The van der Waals surface area contributed by atoms with E-state index in [1.165, 1.54) is 38.8 Å². The number of carbonyl (C=O) groups is 1. The second-order valence-electron chi connectivity index (χ2n) is 7.45. The Balaban J connectivity index is 1.47. The van der Waals surface area contributed by atoms with Crippen molar-refractivity contribution in [2.75, 3.05) is 26.2 Å². The first-order valence-corrected chi connectivity index (χ1v) is 9.07. The molecule has 0 aromatic carbocycles. The van der Waals surface area contributed by atoms with E-state index < -0.39 is 0 Å². The summed E-state index contributed by atoms with van der Waals surface area (Å²) < 4.78 is 0. The van der Waals surface area contributed by atoms with Gasteiger partial charge in [0.2, 0.25) is 0 Å². The Labute approximate surface area is 138 Å². The maximum atomic E-state index is 12.8. The molecule has 1 aromatic rings. The topological polar surface area (TPSA) is 49.3 Å². The van der Waals surface area contributed by atoms with Gasteiger partial charge in [-0.2, -0.15) is 0 Å². The molecule has 1 amide bonds. The molecule has 4 heterocycles. The van der Waals surface area contributed by atoms with Crippen LogP contribution < -0.4 is 0 Å².